The Balaban J connectivity index is 2.40. The quantitative estimate of drug-likeness (QED) is 0.906. The van der Waals surface area contributed by atoms with E-state index in [1.165, 1.54) is 18.2 Å². The summed E-state index contributed by atoms with van der Waals surface area (Å²) in [6.45, 7) is 3.67. The van der Waals surface area contributed by atoms with Crippen molar-refractivity contribution in [3.63, 3.8) is 0 Å². The minimum Gasteiger partial charge on any atom is -0.280 e. The molecule has 3 nitrogen and oxygen atoms in total. The maximum atomic E-state index is 12.4. The van der Waals surface area contributed by atoms with E-state index >= 15 is 0 Å². The van der Waals surface area contributed by atoms with E-state index in [2.05, 4.69) is 4.72 Å². The van der Waals surface area contributed by atoms with Crippen LogP contribution >= 0.6 is 23.2 Å². The number of halogens is 2. The Bertz CT molecular complexity index is 738. The Labute approximate surface area is 128 Å². The number of nitrogens with one attached hydrogen (secondary N) is 1. The van der Waals surface area contributed by atoms with Gasteiger partial charge in [-0.3, -0.25) is 4.72 Å². The molecule has 0 unspecified atom stereocenters. The second kappa shape index (κ2) is 5.64. The first-order valence-electron chi connectivity index (χ1n) is 5.84. The molecule has 2 rings (SSSR count). The molecule has 0 saturated heterocycles. The smallest absolute Gasteiger partial charge is 0.262 e. The van der Waals surface area contributed by atoms with Gasteiger partial charge in [0.05, 0.1) is 10.6 Å². The molecular weight excluding hydrogens is 317 g/mol. The van der Waals surface area contributed by atoms with Crippen LogP contribution < -0.4 is 4.72 Å². The van der Waals surface area contributed by atoms with E-state index in [-0.39, 0.29) is 4.90 Å². The standard InChI is InChI=1S/C14H13Cl2NO2S/c1-9-3-4-14(10(2)5-9)20(18,19)17-13-7-11(15)6-12(16)8-13/h3-8,17H,1-2H3. The molecular formula is C14H13Cl2NO2S. The van der Waals surface area contributed by atoms with Crippen molar-refractivity contribution in [3.8, 4) is 0 Å². The zero-order chi connectivity index (χ0) is 14.9. The number of benzene rings is 2. The Morgan fingerprint density at radius 1 is 0.950 bits per heavy atom. The highest BCUT2D eigenvalue weighted by atomic mass is 35.5. The number of sulfonamides is 1. The highest BCUT2D eigenvalue weighted by Crippen LogP contribution is 2.25. The molecule has 20 heavy (non-hydrogen) atoms. The summed E-state index contributed by atoms with van der Waals surface area (Å²) in [6.07, 6.45) is 0. The van der Waals surface area contributed by atoms with Gasteiger partial charge in [-0.2, -0.15) is 0 Å². The van der Waals surface area contributed by atoms with Crippen LogP contribution in [-0.4, -0.2) is 8.42 Å². The van der Waals surface area contributed by atoms with Crippen LogP contribution in [0.25, 0.3) is 0 Å². The van der Waals surface area contributed by atoms with Gasteiger partial charge in [0.15, 0.2) is 0 Å². The van der Waals surface area contributed by atoms with Crippen LogP contribution in [0.2, 0.25) is 10.0 Å². The minimum absolute atomic E-state index is 0.235. The lowest BCUT2D eigenvalue weighted by molar-refractivity contribution is 0.600. The molecule has 0 aliphatic carbocycles. The molecule has 0 spiro atoms. The third-order valence-corrected chi connectivity index (χ3v) is 4.71. The summed E-state index contributed by atoms with van der Waals surface area (Å²) >= 11 is 11.7. The summed E-state index contributed by atoms with van der Waals surface area (Å²) < 4.78 is 27.2. The first-order valence-corrected chi connectivity index (χ1v) is 8.08. The molecule has 0 amide bonds. The van der Waals surface area contributed by atoms with Crippen molar-refractivity contribution in [2.75, 3.05) is 4.72 Å². The maximum absolute atomic E-state index is 12.4. The summed E-state index contributed by atoms with van der Waals surface area (Å²) in [7, 11) is -3.66. The number of hydrogen-bond acceptors (Lipinski definition) is 2. The van der Waals surface area contributed by atoms with E-state index in [1.807, 2.05) is 13.0 Å². The highest BCUT2D eigenvalue weighted by Gasteiger charge is 2.17. The third-order valence-electron chi connectivity index (χ3n) is 2.73. The molecule has 0 aromatic heterocycles. The lowest BCUT2D eigenvalue weighted by Gasteiger charge is -2.11. The second-order valence-electron chi connectivity index (χ2n) is 4.53. The number of anilines is 1. The molecule has 0 radical (unpaired) electrons. The fourth-order valence-electron chi connectivity index (χ4n) is 1.92. The molecule has 0 fully saturated rings. The maximum Gasteiger partial charge on any atom is 0.262 e. The summed E-state index contributed by atoms with van der Waals surface area (Å²) in [5.41, 5.74) is 2.03. The van der Waals surface area contributed by atoms with Crippen LogP contribution in [0.15, 0.2) is 41.3 Å². The summed E-state index contributed by atoms with van der Waals surface area (Å²) in [5, 5.41) is 0.742. The van der Waals surface area contributed by atoms with Gasteiger partial charge in [-0.05, 0) is 43.7 Å². The summed E-state index contributed by atoms with van der Waals surface area (Å²) in [4.78, 5) is 0.235. The third kappa shape index (κ3) is 3.45. The molecule has 6 heteroatoms. The van der Waals surface area contributed by atoms with Crippen LogP contribution in [0.5, 0.6) is 0 Å². The van der Waals surface area contributed by atoms with Gasteiger partial charge in [0.25, 0.3) is 10.0 Å². The van der Waals surface area contributed by atoms with Gasteiger partial charge in [0.1, 0.15) is 0 Å². The fraction of sp³-hybridized carbons (Fsp3) is 0.143. The Kier molecular flexibility index (Phi) is 4.28. The molecule has 1 N–H and O–H groups in total. The average molecular weight is 330 g/mol. The van der Waals surface area contributed by atoms with Crippen molar-refractivity contribution in [2.45, 2.75) is 18.7 Å². The Morgan fingerprint density at radius 3 is 2.10 bits per heavy atom. The predicted molar refractivity (Wildman–Crippen MR) is 83.2 cm³/mol. The molecule has 106 valence electrons. The Hall–Kier alpha value is -1.23. The van der Waals surface area contributed by atoms with Crippen molar-refractivity contribution in [2.24, 2.45) is 0 Å². The zero-order valence-corrected chi connectivity index (χ0v) is 13.3. The monoisotopic (exact) mass is 329 g/mol. The predicted octanol–water partition coefficient (Wildman–Crippen LogP) is 4.41. The average Bonchev–Trinajstić information content (AvgIpc) is 2.25. The van der Waals surface area contributed by atoms with Crippen molar-refractivity contribution in [1.29, 1.82) is 0 Å². The van der Waals surface area contributed by atoms with Gasteiger partial charge in [-0.25, -0.2) is 8.42 Å². The van der Waals surface area contributed by atoms with Gasteiger partial charge in [-0.15, -0.1) is 0 Å². The molecule has 2 aromatic rings. The lowest BCUT2D eigenvalue weighted by Crippen LogP contribution is -2.14. The van der Waals surface area contributed by atoms with Crippen molar-refractivity contribution in [3.05, 3.63) is 57.6 Å². The van der Waals surface area contributed by atoms with Crippen molar-refractivity contribution in [1.82, 2.24) is 0 Å². The highest BCUT2D eigenvalue weighted by molar-refractivity contribution is 7.92. The van der Waals surface area contributed by atoms with E-state index in [1.54, 1.807) is 19.1 Å². The van der Waals surface area contributed by atoms with Crippen LogP contribution in [0.3, 0.4) is 0 Å². The number of hydrogen-bond donors (Lipinski definition) is 1. The molecule has 0 atom stereocenters. The van der Waals surface area contributed by atoms with Gasteiger partial charge >= 0.3 is 0 Å². The van der Waals surface area contributed by atoms with E-state index < -0.39 is 10.0 Å². The van der Waals surface area contributed by atoms with Gasteiger partial charge in [-0.1, -0.05) is 40.9 Å². The molecule has 0 aliphatic heterocycles. The minimum atomic E-state index is -3.66. The van der Waals surface area contributed by atoms with E-state index in [0.29, 0.717) is 21.3 Å². The van der Waals surface area contributed by atoms with Crippen molar-refractivity contribution >= 4 is 38.9 Å². The Morgan fingerprint density at radius 2 is 1.55 bits per heavy atom. The van der Waals surface area contributed by atoms with Gasteiger partial charge in [0.2, 0.25) is 0 Å². The largest absolute Gasteiger partial charge is 0.280 e. The molecule has 2 aromatic carbocycles. The first kappa shape index (κ1) is 15.2. The number of rotatable bonds is 3. The van der Waals surface area contributed by atoms with Crippen LogP contribution in [0.1, 0.15) is 11.1 Å². The summed E-state index contributed by atoms with van der Waals surface area (Å²) in [6, 6.07) is 9.71. The number of aryl methyl sites for hydroxylation is 2. The van der Waals surface area contributed by atoms with Gasteiger partial charge < -0.3 is 0 Å². The summed E-state index contributed by atoms with van der Waals surface area (Å²) in [5.74, 6) is 0. The zero-order valence-electron chi connectivity index (χ0n) is 10.9. The normalized spacial score (nSPS) is 11.4. The second-order valence-corrected chi connectivity index (χ2v) is 7.06. The molecule has 0 heterocycles. The van der Waals surface area contributed by atoms with Crippen LogP contribution in [0.4, 0.5) is 5.69 Å². The molecule has 0 aliphatic rings. The van der Waals surface area contributed by atoms with Crippen LogP contribution in [-0.2, 0) is 10.0 Å². The SMILES string of the molecule is Cc1ccc(S(=O)(=O)Nc2cc(Cl)cc(Cl)c2)c(C)c1. The van der Waals surface area contributed by atoms with Crippen molar-refractivity contribution < 1.29 is 8.42 Å². The topological polar surface area (TPSA) is 46.2 Å². The van der Waals surface area contributed by atoms with E-state index in [4.69, 9.17) is 23.2 Å². The van der Waals surface area contributed by atoms with Crippen LogP contribution in [0, 0.1) is 13.8 Å². The fourth-order valence-corrected chi connectivity index (χ4v) is 3.72. The van der Waals surface area contributed by atoms with E-state index in [9.17, 15) is 8.42 Å². The first-order chi connectivity index (χ1) is 9.28. The van der Waals surface area contributed by atoms with Gasteiger partial charge in [0, 0.05) is 10.0 Å². The van der Waals surface area contributed by atoms with E-state index in [0.717, 1.165) is 5.56 Å². The molecule has 0 saturated carbocycles. The molecule has 0 bridgehead atoms. The lowest BCUT2D eigenvalue weighted by atomic mass is 10.2.